The summed E-state index contributed by atoms with van der Waals surface area (Å²) in [4.78, 5) is 31.8. The first kappa shape index (κ1) is 22.3. The molecule has 1 aromatic heterocycles. The largest absolute Gasteiger partial charge is 0.507 e. The molecule has 0 spiro atoms. The molecule has 6 nitrogen and oxygen atoms in total. The minimum atomic E-state index is -0.717. The number of pyridine rings is 1. The molecule has 1 saturated heterocycles. The second-order valence-electron chi connectivity index (χ2n) is 8.34. The standard InChI is InChI=1S/C27H26N2O4/c1-17(2)19-7-9-20(10-8-19)24-23(25(30)21-5-4-6-22(15-21)33-3)26(31)27(32)29(24)16-18-11-13-28-14-12-18/h4-15,17,24,30H,16H2,1-3H3/b25-23+. The third-order valence-corrected chi connectivity index (χ3v) is 5.90. The third kappa shape index (κ3) is 4.37. The van der Waals surface area contributed by atoms with Gasteiger partial charge in [-0.25, -0.2) is 0 Å². The number of aliphatic hydroxyl groups is 1. The number of aromatic nitrogens is 1. The van der Waals surface area contributed by atoms with E-state index in [4.69, 9.17) is 4.74 Å². The van der Waals surface area contributed by atoms with E-state index in [1.807, 2.05) is 24.3 Å². The Labute approximate surface area is 193 Å². The summed E-state index contributed by atoms with van der Waals surface area (Å²) in [5, 5.41) is 11.2. The van der Waals surface area contributed by atoms with Gasteiger partial charge in [0.1, 0.15) is 11.5 Å². The van der Waals surface area contributed by atoms with Crippen LogP contribution in [0, 0.1) is 0 Å². The van der Waals surface area contributed by atoms with E-state index in [0.29, 0.717) is 17.2 Å². The van der Waals surface area contributed by atoms with Crippen LogP contribution in [0.5, 0.6) is 5.75 Å². The summed E-state index contributed by atoms with van der Waals surface area (Å²) < 4.78 is 5.26. The van der Waals surface area contributed by atoms with Crippen LogP contribution >= 0.6 is 0 Å². The minimum Gasteiger partial charge on any atom is -0.507 e. The van der Waals surface area contributed by atoms with Crippen molar-refractivity contribution in [2.24, 2.45) is 0 Å². The fourth-order valence-electron chi connectivity index (χ4n) is 4.06. The normalized spacial score (nSPS) is 17.6. The van der Waals surface area contributed by atoms with E-state index in [-0.39, 0.29) is 17.9 Å². The Morgan fingerprint density at radius 2 is 1.76 bits per heavy atom. The highest BCUT2D eigenvalue weighted by atomic mass is 16.5. The van der Waals surface area contributed by atoms with E-state index in [1.54, 1.807) is 48.8 Å². The Bertz CT molecular complexity index is 1200. The summed E-state index contributed by atoms with van der Waals surface area (Å²) in [7, 11) is 1.53. The molecule has 1 N–H and O–H groups in total. The summed E-state index contributed by atoms with van der Waals surface area (Å²) in [5.74, 6) is -0.680. The Balaban J connectivity index is 1.85. The average Bonchev–Trinajstić information content (AvgIpc) is 3.09. The molecule has 6 heteroatoms. The van der Waals surface area contributed by atoms with Crippen LogP contribution in [0.25, 0.3) is 5.76 Å². The molecule has 0 radical (unpaired) electrons. The molecule has 33 heavy (non-hydrogen) atoms. The van der Waals surface area contributed by atoms with Crippen LogP contribution in [0.15, 0.2) is 78.6 Å². The van der Waals surface area contributed by atoms with Gasteiger partial charge in [-0.3, -0.25) is 14.6 Å². The second-order valence-corrected chi connectivity index (χ2v) is 8.34. The molecule has 0 saturated carbocycles. The fourth-order valence-corrected chi connectivity index (χ4v) is 4.06. The molecule has 2 aromatic carbocycles. The Kier molecular flexibility index (Phi) is 6.27. The van der Waals surface area contributed by atoms with Crippen LogP contribution < -0.4 is 4.74 Å². The van der Waals surface area contributed by atoms with Crippen molar-refractivity contribution in [3.05, 3.63) is 101 Å². The zero-order chi connectivity index (χ0) is 23.5. The predicted octanol–water partition coefficient (Wildman–Crippen LogP) is 4.84. The first-order valence-corrected chi connectivity index (χ1v) is 10.8. The summed E-state index contributed by atoms with van der Waals surface area (Å²) in [6.07, 6.45) is 3.29. The molecule has 1 fully saturated rings. The van der Waals surface area contributed by atoms with Gasteiger partial charge in [0.05, 0.1) is 18.7 Å². The zero-order valence-corrected chi connectivity index (χ0v) is 18.9. The summed E-state index contributed by atoms with van der Waals surface area (Å²) in [6.45, 7) is 4.43. The van der Waals surface area contributed by atoms with E-state index in [1.165, 1.54) is 12.0 Å². The van der Waals surface area contributed by atoms with Crippen molar-refractivity contribution in [1.82, 2.24) is 9.88 Å². The molecule has 4 rings (SSSR count). The molecule has 1 amide bonds. The highest BCUT2D eigenvalue weighted by Gasteiger charge is 2.46. The van der Waals surface area contributed by atoms with Gasteiger partial charge >= 0.3 is 0 Å². The van der Waals surface area contributed by atoms with Crippen LogP contribution in [0.2, 0.25) is 0 Å². The molecule has 2 heterocycles. The molecule has 168 valence electrons. The molecule has 0 aliphatic carbocycles. The Morgan fingerprint density at radius 3 is 2.39 bits per heavy atom. The lowest BCUT2D eigenvalue weighted by atomic mass is 9.93. The van der Waals surface area contributed by atoms with Crippen molar-refractivity contribution in [2.45, 2.75) is 32.4 Å². The third-order valence-electron chi connectivity index (χ3n) is 5.90. The first-order chi connectivity index (χ1) is 15.9. The number of Topliss-reactive ketones (excluding diaryl/α,β-unsaturated/α-hetero) is 1. The molecule has 1 aliphatic rings. The molecular formula is C27H26N2O4. The number of methoxy groups -OCH3 is 1. The lowest BCUT2D eigenvalue weighted by Crippen LogP contribution is -2.29. The fraction of sp³-hybridized carbons (Fsp3) is 0.222. The van der Waals surface area contributed by atoms with Gasteiger partial charge in [-0.05, 0) is 46.9 Å². The molecular weight excluding hydrogens is 416 g/mol. The number of carbonyl (C=O) groups excluding carboxylic acids is 2. The maximum Gasteiger partial charge on any atom is 0.295 e. The van der Waals surface area contributed by atoms with Crippen molar-refractivity contribution < 1.29 is 19.4 Å². The lowest BCUT2D eigenvalue weighted by molar-refractivity contribution is -0.140. The second kappa shape index (κ2) is 9.28. The van der Waals surface area contributed by atoms with Crippen molar-refractivity contribution in [3.63, 3.8) is 0 Å². The van der Waals surface area contributed by atoms with Crippen LogP contribution in [-0.4, -0.2) is 33.8 Å². The molecule has 1 aliphatic heterocycles. The van der Waals surface area contributed by atoms with Crippen LogP contribution in [0.3, 0.4) is 0 Å². The van der Waals surface area contributed by atoms with Crippen LogP contribution in [0.1, 0.15) is 48.1 Å². The van der Waals surface area contributed by atoms with E-state index in [0.717, 1.165) is 16.7 Å². The van der Waals surface area contributed by atoms with Crippen LogP contribution in [-0.2, 0) is 16.1 Å². The average molecular weight is 443 g/mol. The zero-order valence-electron chi connectivity index (χ0n) is 18.9. The number of amides is 1. The van der Waals surface area contributed by atoms with Crippen molar-refractivity contribution in [3.8, 4) is 5.75 Å². The number of likely N-dealkylation sites (tertiary alicyclic amines) is 1. The van der Waals surface area contributed by atoms with Crippen LogP contribution in [0.4, 0.5) is 0 Å². The monoisotopic (exact) mass is 442 g/mol. The van der Waals surface area contributed by atoms with E-state index >= 15 is 0 Å². The quantitative estimate of drug-likeness (QED) is 0.336. The molecule has 0 bridgehead atoms. The number of hydrogen-bond acceptors (Lipinski definition) is 5. The number of rotatable bonds is 6. The van der Waals surface area contributed by atoms with Crippen molar-refractivity contribution in [1.29, 1.82) is 0 Å². The van der Waals surface area contributed by atoms with Gasteiger partial charge in [0, 0.05) is 24.5 Å². The summed E-state index contributed by atoms with van der Waals surface area (Å²) >= 11 is 0. The molecule has 1 atom stereocenters. The van der Waals surface area contributed by atoms with Gasteiger partial charge in [-0.15, -0.1) is 0 Å². The molecule has 3 aromatic rings. The predicted molar refractivity (Wildman–Crippen MR) is 126 cm³/mol. The SMILES string of the molecule is COc1cccc(/C(O)=C2\C(=O)C(=O)N(Cc3ccncc3)C2c2ccc(C(C)C)cc2)c1. The number of aliphatic hydroxyl groups excluding tert-OH is 1. The lowest BCUT2D eigenvalue weighted by Gasteiger charge is -2.25. The maximum atomic E-state index is 13.2. The number of carbonyl (C=O) groups is 2. The minimum absolute atomic E-state index is 0.0691. The van der Waals surface area contributed by atoms with Gasteiger partial charge in [0.15, 0.2) is 0 Å². The Morgan fingerprint density at radius 1 is 1.06 bits per heavy atom. The topological polar surface area (TPSA) is 79.7 Å². The number of ether oxygens (including phenoxy) is 1. The van der Waals surface area contributed by atoms with Crippen molar-refractivity contribution >= 4 is 17.4 Å². The van der Waals surface area contributed by atoms with Gasteiger partial charge in [0.2, 0.25) is 0 Å². The van der Waals surface area contributed by atoms with E-state index in [9.17, 15) is 14.7 Å². The number of nitrogens with zero attached hydrogens (tertiary/aromatic N) is 2. The highest BCUT2D eigenvalue weighted by molar-refractivity contribution is 6.46. The van der Waals surface area contributed by atoms with Gasteiger partial charge in [-0.1, -0.05) is 50.2 Å². The number of ketones is 1. The van der Waals surface area contributed by atoms with Crippen molar-refractivity contribution in [2.75, 3.05) is 7.11 Å². The smallest absolute Gasteiger partial charge is 0.295 e. The maximum absolute atomic E-state index is 13.2. The highest BCUT2D eigenvalue weighted by Crippen LogP contribution is 2.40. The number of benzene rings is 2. The summed E-state index contributed by atoms with van der Waals surface area (Å²) in [6, 6.07) is 17.5. The van der Waals surface area contributed by atoms with Gasteiger partial charge in [0.25, 0.3) is 11.7 Å². The summed E-state index contributed by atoms with van der Waals surface area (Å²) in [5.41, 5.74) is 3.24. The first-order valence-electron chi connectivity index (χ1n) is 10.8. The molecule has 1 unspecified atom stereocenters. The van der Waals surface area contributed by atoms with E-state index < -0.39 is 17.7 Å². The van der Waals surface area contributed by atoms with E-state index in [2.05, 4.69) is 18.8 Å². The number of hydrogen-bond donors (Lipinski definition) is 1. The van der Waals surface area contributed by atoms with Gasteiger partial charge < -0.3 is 14.7 Å². The van der Waals surface area contributed by atoms with Gasteiger partial charge in [-0.2, -0.15) is 0 Å². The Hall–Kier alpha value is -3.93.